The molecule has 2 aliphatic heterocycles. The van der Waals surface area contributed by atoms with Crippen LogP contribution in [0, 0.1) is 0 Å². The summed E-state index contributed by atoms with van der Waals surface area (Å²) < 4.78 is 22.6. The van der Waals surface area contributed by atoms with E-state index in [2.05, 4.69) is 6.07 Å². The largest absolute Gasteiger partial charge is 0.507 e. The molecule has 0 radical (unpaired) electrons. The smallest absolute Gasteiger partial charge is 0.214 e. The van der Waals surface area contributed by atoms with Crippen LogP contribution in [0.3, 0.4) is 0 Å². The van der Waals surface area contributed by atoms with E-state index in [1.807, 2.05) is 47.5 Å². The molecular weight excluding hydrogens is 408 g/mol. The summed E-state index contributed by atoms with van der Waals surface area (Å²) in [7, 11) is 4.82. The van der Waals surface area contributed by atoms with Gasteiger partial charge in [0.1, 0.15) is 17.2 Å². The Morgan fingerprint density at radius 2 is 1.75 bits per heavy atom. The Morgan fingerprint density at radius 1 is 0.938 bits per heavy atom. The van der Waals surface area contributed by atoms with Gasteiger partial charge in [-0.3, -0.25) is 0 Å². The van der Waals surface area contributed by atoms with E-state index < -0.39 is 6.23 Å². The number of phenols is 1. The van der Waals surface area contributed by atoms with Crippen molar-refractivity contribution in [3.63, 3.8) is 0 Å². The lowest BCUT2D eigenvalue weighted by Crippen LogP contribution is -2.33. The van der Waals surface area contributed by atoms with Crippen molar-refractivity contribution in [1.82, 2.24) is 5.01 Å². The Bertz CT molecular complexity index is 1190. The van der Waals surface area contributed by atoms with Gasteiger partial charge in [-0.05, 0) is 42.5 Å². The van der Waals surface area contributed by atoms with Gasteiger partial charge in [0.2, 0.25) is 6.23 Å². The van der Waals surface area contributed by atoms with Crippen LogP contribution >= 0.6 is 0 Å². The number of methoxy groups -OCH3 is 3. The number of nitrogens with zero attached hydrogens (tertiary/aromatic N) is 2. The lowest BCUT2D eigenvalue weighted by Gasteiger charge is -2.38. The minimum atomic E-state index is -0.458. The fraction of sp³-hybridized carbons (Fsp3) is 0.240. The van der Waals surface area contributed by atoms with Crippen LogP contribution in [0.5, 0.6) is 28.7 Å². The first-order chi connectivity index (χ1) is 15.6. The number of ether oxygens (including phenoxy) is 4. The van der Waals surface area contributed by atoms with Crippen molar-refractivity contribution in [2.75, 3.05) is 21.3 Å². The van der Waals surface area contributed by atoms with Crippen LogP contribution in [0.2, 0.25) is 0 Å². The molecule has 2 aliphatic rings. The van der Waals surface area contributed by atoms with Crippen LogP contribution in [0.1, 0.15) is 35.4 Å². The van der Waals surface area contributed by atoms with Gasteiger partial charge < -0.3 is 24.1 Å². The van der Waals surface area contributed by atoms with Gasteiger partial charge >= 0.3 is 0 Å². The average molecular weight is 432 g/mol. The van der Waals surface area contributed by atoms with Gasteiger partial charge in [-0.25, -0.2) is 5.01 Å². The highest BCUT2D eigenvalue weighted by Crippen LogP contribution is 2.48. The minimum Gasteiger partial charge on any atom is -0.507 e. The molecule has 7 nitrogen and oxygen atoms in total. The summed E-state index contributed by atoms with van der Waals surface area (Å²) in [4.78, 5) is 0. The molecule has 2 heterocycles. The lowest BCUT2D eigenvalue weighted by molar-refractivity contribution is -0.0191. The average Bonchev–Trinajstić information content (AvgIpc) is 3.29. The van der Waals surface area contributed by atoms with Crippen molar-refractivity contribution in [1.29, 1.82) is 0 Å². The molecule has 0 aliphatic carbocycles. The summed E-state index contributed by atoms with van der Waals surface area (Å²) in [5.41, 5.74) is 3.38. The number of hydrogen-bond donors (Lipinski definition) is 1. The molecule has 1 N–H and O–H groups in total. The second kappa shape index (κ2) is 8.00. The predicted molar refractivity (Wildman–Crippen MR) is 120 cm³/mol. The van der Waals surface area contributed by atoms with Crippen molar-refractivity contribution in [2.45, 2.75) is 18.7 Å². The van der Waals surface area contributed by atoms with Gasteiger partial charge in [0, 0.05) is 23.1 Å². The fourth-order valence-electron chi connectivity index (χ4n) is 4.30. The number of rotatable bonds is 5. The Kier molecular flexibility index (Phi) is 5.01. The SMILES string of the molecule is COc1ccc(O)c(C2=NN3[C@@H](c4ccc(OC)c(OC)c4)Oc4ccccc4[C@@H]3C2)c1. The first-order valence-electron chi connectivity index (χ1n) is 10.3. The Balaban J connectivity index is 1.60. The summed E-state index contributed by atoms with van der Waals surface area (Å²) >= 11 is 0. The summed E-state index contributed by atoms with van der Waals surface area (Å²) in [5.74, 6) is 2.92. The van der Waals surface area contributed by atoms with E-state index >= 15 is 0 Å². The molecule has 0 spiro atoms. The highest BCUT2D eigenvalue weighted by Gasteiger charge is 2.41. The molecule has 5 rings (SSSR count). The monoisotopic (exact) mass is 432 g/mol. The second-order valence-electron chi connectivity index (χ2n) is 7.65. The standard InChI is InChI=1S/C25H24N2O5/c1-29-16-9-10-21(28)18(13-16)19-14-20-17-6-4-5-7-22(17)32-25(27(20)26-19)15-8-11-23(30-2)24(12-15)31-3/h4-13,20,25,28H,14H2,1-3H3/t20-,25+/m0/s1. The van der Waals surface area contributed by atoms with Crippen LogP contribution in [-0.2, 0) is 0 Å². The molecule has 0 bridgehead atoms. The third kappa shape index (κ3) is 3.26. The van der Waals surface area contributed by atoms with Gasteiger partial charge in [-0.15, -0.1) is 0 Å². The van der Waals surface area contributed by atoms with Crippen molar-refractivity contribution >= 4 is 5.71 Å². The fourth-order valence-corrected chi connectivity index (χ4v) is 4.30. The van der Waals surface area contributed by atoms with Gasteiger partial charge in [0.25, 0.3) is 0 Å². The van der Waals surface area contributed by atoms with Crippen molar-refractivity contribution in [3.8, 4) is 28.7 Å². The van der Waals surface area contributed by atoms with Crippen LogP contribution in [0.25, 0.3) is 0 Å². The maximum Gasteiger partial charge on any atom is 0.214 e. The first kappa shape index (κ1) is 20.1. The topological polar surface area (TPSA) is 72.8 Å². The zero-order valence-corrected chi connectivity index (χ0v) is 18.1. The molecule has 164 valence electrons. The Morgan fingerprint density at radius 3 is 2.53 bits per heavy atom. The van der Waals surface area contributed by atoms with Gasteiger partial charge in [0.05, 0.1) is 33.1 Å². The van der Waals surface area contributed by atoms with Crippen molar-refractivity contribution in [3.05, 3.63) is 77.4 Å². The van der Waals surface area contributed by atoms with Gasteiger partial charge in [0.15, 0.2) is 11.5 Å². The molecule has 0 aromatic heterocycles. The van der Waals surface area contributed by atoms with E-state index in [4.69, 9.17) is 24.0 Å². The summed E-state index contributed by atoms with van der Waals surface area (Å²) in [6.07, 6.45) is 0.171. The van der Waals surface area contributed by atoms with Gasteiger partial charge in [-0.2, -0.15) is 5.10 Å². The Labute approximate surface area is 186 Å². The number of phenolic OH excluding ortho intramolecular Hbond substituents is 1. The zero-order chi connectivity index (χ0) is 22.2. The normalized spacial score (nSPS) is 18.8. The minimum absolute atomic E-state index is 0.0290. The van der Waals surface area contributed by atoms with Crippen LogP contribution in [0.15, 0.2) is 65.8 Å². The first-order valence-corrected chi connectivity index (χ1v) is 10.3. The summed E-state index contributed by atoms with van der Waals surface area (Å²) in [6.45, 7) is 0. The predicted octanol–water partition coefficient (Wildman–Crippen LogP) is 4.66. The quantitative estimate of drug-likeness (QED) is 0.632. The molecular formula is C25H24N2O5. The second-order valence-corrected chi connectivity index (χ2v) is 7.65. The molecule has 0 saturated heterocycles. The maximum atomic E-state index is 10.5. The number of para-hydroxylation sites is 1. The molecule has 7 heteroatoms. The Hall–Kier alpha value is -3.87. The van der Waals surface area contributed by atoms with Crippen molar-refractivity contribution < 1.29 is 24.1 Å². The van der Waals surface area contributed by atoms with Crippen molar-refractivity contribution in [2.24, 2.45) is 5.10 Å². The summed E-state index contributed by atoms with van der Waals surface area (Å²) in [6, 6.07) is 18.9. The molecule has 0 unspecified atom stereocenters. The number of fused-ring (bicyclic) bond motifs is 3. The van der Waals surface area contributed by atoms with Crippen LogP contribution in [0.4, 0.5) is 0 Å². The maximum absolute atomic E-state index is 10.5. The molecule has 0 saturated carbocycles. The summed E-state index contributed by atoms with van der Waals surface area (Å²) in [5, 5.41) is 17.4. The molecule has 0 amide bonds. The number of hydrogen-bond acceptors (Lipinski definition) is 7. The molecule has 3 aromatic rings. The van der Waals surface area contributed by atoms with E-state index in [-0.39, 0.29) is 11.8 Å². The van der Waals surface area contributed by atoms with E-state index in [1.54, 1.807) is 33.5 Å². The molecule has 0 fully saturated rings. The lowest BCUT2D eigenvalue weighted by atomic mass is 9.95. The van der Waals surface area contributed by atoms with Crippen LogP contribution < -0.4 is 18.9 Å². The van der Waals surface area contributed by atoms with E-state index in [1.165, 1.54) is 0 Å². The van der Waals surface area contributed by atoms with Gasteiger partial charge in [-0.1, -0.05) is 18.2 Å². The van der Waals surface area contributed by atoms with E-state index in [9.17, 15) is 5.11 Å². The molecule has 2 atom stereocenters. The third-order valence-electron chi connectivity index (χ3n) is 5.91. The van der Waals surface area contributed by atoms with Crippen LogP contribution in [-0.4, -0.2) is 37.2 Å². The highest BCUT2D eigenvalue weighted by molar-refractivity contribution is 6.04. The van der Waals surface area contributed by atoms with E-state index in [0.29, 0.717) is 29.2 Å². The number of aromatic hydroxyl groups is 1. The highest BCUT2D eigenvalue weighted by atomic mass is 16.5. The van der Waals surface area contributed by atoms with E-state index in [0.717, 1.165) is 22.6 Å². The number of hydrazone groups is 1. The third-order valence-corrected chi connectivity index (χ3v) is 5.91. The molecule has 32 heavy (non-hydrogen) atoms. The molecule has 3 aromatic carbocycles. The number of benzene rings is 3. The zero-order valence-electron chi connectivity index (χ0n) is 18.1.